The number of hydrogen-bond acceptors (Lipinski definition) is 3. The fraction of sp³-hybridized carbons (Fsp3) is 0.533. The molecule has 0 saturated heterocycles. The molecule has 1 aliphatic rings. The van der Waals surface area contributed by atoms with Crippen LogP contribution in [0.2, 0.25) is 0 Å². The van der Waals surface area contributed by atoms with E-state index in [1.807, 2.05) is 0 Å². The first kappa shape index (κ1) is 13.9. The summed E-state index contributed by atoms with van der Waals surface area (Å²) in [6.45, 7) is 1.30. The second kappa shape index (κ2) is 7.14. The van der Waals surface area contributed by atoms with Crippen molar-refractivity contribution < 1.29 is 9.53 Å². The number of anilines is 2. The number of nitrogen functional groups attached to an aromatic ring is 1. The van der Waals surface area contributed by atoms with E-state index in [1.54, 1.807) is 24.3 Å². The maximum atomic E-state index is 11.7. The molecular weight excluding hydrogens is 240 g/mol. The maximum Gasteiger partial charge on any atom is 0.226 e. The van der Waals surface area contributed by atoms with E-state index in [1.165, 1.54) is 25.7 Å². The van der Waals surface area contributed by atoms with Gasteiger partial charge in [0.2, 0.25) is 5.91 Å². The minimum Gasteiger partial charge on any atom is -0.399 e. The summed E-state index contributed by atoms with van der Waals surface area (Å²) in [5.74, 6) is 0.691. The van der Waals surface area contributed by atoms with E-state index in [4.69, 9.17) is 10.5 Å². The van der Waals surface area contributed by atoms with Crippen molar-refractivity contribution in [1.82, 2.24) is 0 Å². The summed E-state index contributed by atoms with van der Waals surface area (Å²) in [5.41, 5.74) is 7.05. The van der Waals surface area contributed by atoms with E-state index in [-0.39, 0.29) is 5.91 Å². The van der Waals surface area contributed by atoms with Gasteiger partial charge in [-0.2, -0.15) is 0 Å². The lowest BCUT2D eigenvalue weighted by molar-refractivity contribution is -0.117. The van der Waals surface area contributed by atoms with Crippen LogP contribution in [0, 0.1) is 5.92 Å². The summed E-state index contributed by atoms with van der Waals surface area (Å²) < 4.78 is 5.56. The molecule has 1 amide bonds. The Morgan fingerprint density at radius 1 is 1.26 bits per heavy atom. The van der Waals surface area contributed by atoms with Crippen molar-refractivity contribution in [3.63, 3.8) is 0 Å². The molecule has 19 heavy (non-hydrogen) atoms. The third-order valence-corrected chi connectivity index (χ3v) is 3.50. The Labute approximate surface area is 114 Å². The average molecular weight is 262 g/mol. The van der Waals surface area contributed by atoms with Crippen LogP contribution >= 0.6 is 0 Å². The minimum atomic E-state index is -0.0174. The van der Waals surface area contributed by atoms with Crippen LogP contribution in [0.25, 0.3) is 0 Å². The molecule has 1 fully saturated rings. The zero-order valence-corrected chi connectivity index (χ0v) is 11.2. The molecule has 1 aromatic carbocycles. The molecule has 0 spiro atoms. The Hall–Kier alpha value is -1.55. The largest absolute Gasteiger partial charge is 0.399 e. The van der Waals surface area contributed by atoms with Gasteiger partial charge in [-0.05, 0) is 43.0 Å². The van der Waals surface area contributed by atoms with Gasteiger partial charge in [0.15, 0.2) is 0 Å². The summed E-state index contributed by atoms with van der Waals surface area (Å²) in [6, 6.07) is 7.14. The highest BCUT2D eigenvalue weighted by atomic mass is 16.5. The highest BCUT2D eigenvalue weighted by Crippen LogP contribution is 2.24. The summed E-state index contributed by atoms with van der Waals surface area (Å²) in [7, 11) is 0. The fourth-order valence-corrected chi connectivity index (χ4v) is 2.38. The van der Waals surface area contributed by atoms with E-state index in [0.29, 0.717) is 24.6 Å². The van der Waals surface area contributed by atoms with Crippen LogP contribution in [-0.2, 0) is 9.53 Å². The molecule has 2 rings (SSSR count). The van der Waals surface area contributed by atoms with E-state index in [0.717, 1.165) is 12.3 Å². The Balaban J connectivity index is 1.60. The molecule has 0 unspecified atom stereocenters. The van der Waals surface area contributed by atoms with Gasteiger partial charge < -0.3 is 15.8 Å². The van der Waals surface area contributed by atoms with Gasteiger partial charge in [-0.25, -0.2) is 0 Å². The molecule has 104 valence electrons. The van der Waals surface area contributed by atoms with Crippen molar-refractivity contribution in [3.8, 4) is 0 Å². The lowest BCUT2D eigenvalue weighted by Gasteiger charge is -2.10. The lowest BCUT2D eigenvalue weighted by atomic mass is 10.1. The van der Waals surface area contributed by atoms with Crippen LogP contribution in [0.5, 0.6) is 0 Å². The third-order valence-electron chi connectivity index (χ3n) is 3.50. The van der Waals surface area contributed by atoms with Gasteiger partial charge in [-0.1, -0.05) is 12.8 Å². The van der Waals surface area contributed by atoms with Gasteiger partial charge in [0, 0.05) is 18.0 Å². The SMILES string of the molecule is Nc1ccc(NC(=O)CCOCC2CCCC2)cc1. The number of rotatable bonds is 6. The number of carbonyl (C=O) groups is 1. The van der Waals surface area contributed by atoms with Crippen molar-refractivity contribution in [2.75, 3.05) is 24.3 Å². The molecule has 4 heteroatoms. The van der Waals surface area contributed by atoms with Crippen molar-refractivity contribution >= 4 is 17.3 Å². The van der Waals surface area contributed by atoms with Crippen molar-refractivity contribution in [2.24, 2.45) is 5.92 Å². The van der Waals surface area contributed by atoms with Gasteiger partial charge in [0.05, 0.1) is 13.0 Å². The van der Waals surface area contributed by atoms with Gasteiger partial charge in [0.1, 0.15) is 0 Å². The Kier molecular flexibility index (Phi) is 5.21. The fourth-order valence-electron chi connectivity index (χ4n) is 2.38. The summed E-state index contributed by atoms with van der Waals surface area (Å²) in [4.78, 5) is 11.7. The van der Waals surface area contributed by atoms with Crippen LogP contribution in [0.1, 0.15) is 32.1 Å². The second-order valence-corrected chi connectivity index (χ2v) is 5.15. The number of amides is 1. The molecule has 3 N–H and O–H groups in total. The van der Waals surface area contributed by atoms with Crippen LogP contribution < -0.4 is 11.1 Å². The predicted octanol–water partition coefficient (Wildman–Crippen LogP) is 2.80. The Bertz CT molecular complexity index is 397. The van der Waals surface area contributed by atoms with Gasteiger partial charge >= 0.3 is 0 Å². The third kappa shape index (κ3) is 4.91. The molecule has 0 heterocycles. The second-order valence-electron chi connectivity index (χ2n) is 5.15. The Morgan fingerprint density at radius 3 is 2.63 bits per heavy atom. The molecule has 0 radical (unpaired) electrons. The van der Waals surface area contributed by atoms with E-state index in [2.05, 4.69) is 5.32 Å². The summed E-state index contributed by atoms with van der Waals surface area (Å²) >= 11 is 0. The van der Waals surface area contributed by atoms with E-state index >= 15 is 0 Å². The molecular formula is C15H22N2O2. The van der Waals surface area contributed by atoms with Crippen LogP contribution in [0.3, 0.4) is 0 Å². The van der Waals surface area contributed by atoms with Gasteiger partial charge in [-0.15, -0.1) is 0 Å². The average Bonchev–Trinajstić information content (AvgIpc) is 2.91. The number of carbonyl (C=O) groups excluding carboxylic acids is 1. The Morgan fingerprint density at radius 2 is 1.95 bits per heavy atom. The molecule has 0 bridgehead atoms. The van der Waals surface area contributed by atoms with Crippen LogP contribution in [0.15, 0.2) is 24.3 Å². The smallest absolute Gasteiger partial charge is 0.226 e. The van der Waals surface area contributed by atoms with Gasteiger partial charge in [0.25, 0.3) is 0 Å². The molecule has 1 aromatic rings. The van der Waals surface area contributed by atoms with Crippen molar-refractivity contribution in [1.29, 1.82) is 0 Å². The number of ether oxygens (including phenoxy) is 1. The lowest BCUT2D eigenvalue weighted by Crippen LogP contribution is -2.15. The number of nitrogens with two attached hydrogens (primary N) is 1. The van der Waals surface area contributed by atoms with E-state index < -0.39 is 0 Å². The highest BCUT2D eigenvalue weighted by molar-refractivity contribution is 5.90. The molecule has 4 nitrogen and oxygen atoms in total. The minimum absolute atomic E-state index is 0.0174. The number of benzene rings is 1. The predicted molar refractivity (Wildman–Crippen MR) is 76.9 cm³/mol. The monoisotopic (exact) mass is 262 g/mol. The summed E-state index contributed by atoms with van der Waals surface area (Å²) in [5, 5.41) is 2.82. The number of nitrogens with one attached hydrogen (secondary N) is 1. The quantitative estimate of drug-likeness (QED) is 0.612. The standard InChI is InChI=1S/C15H22N2O2/c16-13-5-7-14(8-6-13)17-15(18)9-10-19-11-12-3-1-2-4-12/h5-8,12H,1-4,9-11,16H2,(H,17,18). The maximum absolute atomic E-state index is 11.7. The summed E-state index contributed by atoms with van der Waals surface area (Å²) in [6.07, 6.45) is 5.60. The molecule has 0 aromatic heterocycles. The molecule has 1 saturated carbocycles. The van der Waals surface area contributed by atoms with Crippen molar-refractivity contribution in [3.05, 3.63) is 24.3 Å². The molecule has 0 aliphatic heterocycles. The van der Waals surface area contributed by atoms with Crippen LogP contribution in [0.4, 0.5) is 11.4 Å². The topological polar surface area (TPSA) is 64.3 Å². The van der Waals surface area contributed by atoms with Crippen molar-refractivity contribution in [2.45, 2.75) is 32.1 Å². The zero-order chi connectivity index (χ0) is 13.5. The molecule has 1 aliphatic carbocycles. The molecule has 0 atom stereocenters. The first-order valence-corrected chi connectivity index (χ1v) is 6.97. The van der Waals surface area contributed by atoms with Gasteiger partial charge in [-0.3, -0.25) is 4.79 Å². The van der Waals surface area contributed by atoms with E-state index in [9.17, 15) is 4.79 Å². The zero-order valence-electron chi connectivity index (χ0n) is 11.2. The number of hydrogen-bond donors (Lipinski definition) is 2. The van der Waals surface area contributed by atoms with Crippen LogP contribution in [-0.4, -0.2) is 19.1 Å². The normalized spacial score (nSPS) is 15.6. The highest BCUT2D eigenvalue weighted by Gasteiger charge is 2.14. The first-order valence-electron chi connectivity index (χ1n) is 6.97. The first-order chi connectivity index (χ1) is 9.24.